The van der Waals surface area contributed by atoms with E-state index in [-0.39, 0.29) is 0 Å². The van der Waals surface area contributed by atoms with Crippen molar-refractivity contribution in [2.45, 2.75) is 12.8 Å². The van der Waals surface area contributed by atoms with Crippen LogP contribution in [0.3, 0.4) is 0 Å². The highest BCUT2D eigenvalue weighted by Crippen LogP contribution is 2.19. The molecule has 1 heterocycles. The molecule has 0 saturated carbocycles. The molecule has 1 aromatic heterocycles. The molecule has 0 spiro atoms. The van der Waals surface area contributed by atoms with Crippen molar-refractivity contribution in [3.63, 3.8) is 0 Å². The highest BCUT2D eigenvalue weighted by molar-refractivity contribution is 7.19. The average Bonchev–Trinajstić information content (AvgIpc) is 2.51. The molecule has 1 rings (SSSR count). The summed E-state index contributed by atoms with van der Waals surface area (Å²) in [5.41, 5.74) is 5.53. The summed E-state index contributed by atoms with van der Waals surface area (Å²) in [6, 6.07) is 0. The van der Waals surface area contributed by atoms with Crippen LogP contribution in [0.5, 0.6) is 0 Å². The Hall–Kier alpha value is -0.810. The van der Waals surface area contributed by atoms with E-state index in [4.69, 9.17) is 10.5 Å². The van der Waals surface area contributed by atoms with Gasteiger partial charge in [-0.3, -0.25) is 0 Å². The third kappa shape index (κ3) is 4.10. The molecule has 4 nitrogen and oxygen atoms in total. The summed E-state index contributed by atoms with van der Waals surface area (Å²) in [6.45, 7) is 1.75. The normalized spacial score (nSPS) is 10.2. The molecule has 0 fully saturated rings. The predicted molar refractivity (Wildman–Crippen MR) is 56.1 cm³/mol. The van der Waals surface area contributed by atoms with Crippen LogP contribution in [-0.2, 0) is 4.74 Å². The third-order valence-corrected chi connectivity index (χ3v) is 2.36. The molecule has 0 aliphatic heterocycles. The van der Waals surface area contributed by atoms with Crippen molar-refractivity contribution in [3.05, 3.63) is 6.20 Å². The van der Waals surface area contributed by atoms with Gasteiger partial charge in [0.2, 0.25) is 0 Å². The Balaban J connectivity index is 2.06. The molecule has 1 aromatic rings. The molecule has 74 valence electrons. The molecular formula is C8H15N3OS. The maximum atomic E-state index is 5.53. The summed E-state index contributed by atoms with van der Waals surface area (Å²) in [5.74, 6) is 0. The number of rotatable bonds is 6. The van der Waals surface area contributed by atoms with Gasteiger partial charge in [-0.05, 0) is 12.8 Å². The maximum Gasteiger partial charge on any atom is 0.184 e. The molecule has 0 aliphatic carbocycles. The molecule has 0 unspecified atom stereocenters. The second-order valence-electron chi connectivity index (χ2n) is 2.69. The Kier molecular flexibility index (Phi) is 4.56. The van der Waals surface area contributed by atoms with E-state index in [1.54, 1.807) is 13.3 Å². The van der Waals surface area contributed by atoms with Gasteiger partial charge in [0.15, 0.2) is 5.13 Å². The van der Waals surface area contributed by atoms with Gasteiger partial charge in [-0.2, -0.15) is 0 Å². The van der Waals surface area contributed by atoms with E-state index in [9.17, 15) is 0 Å². The second-order valence-corrected chi connectivity index (χ2v) is 3.76. The first-order chi connectivity index (χ1) is 6.33. The molecule has 0 bridgehead atoms. The first kappa shape index (κ1) is 10.3. The van der Waals surface area contributed by atoms with E-state index in [0.717, 1.165) is 36.1 Å². The number of unbranched alkanes of at least 4 members (excludes halogenated alkanes) is 1. The van der Waals surface area contributed by atoms with Gasteiger partial charge in [-0.1, -0.05) is 11.3 Å². The SMILES string of the molecule is COCCCCNc1ncc(N)s1. The lowest BCUT2D eigenvalue weighted by Crippen LogP contribution is -2.02. The van der Waals surface area contributed by atoms with Gasteiger partial charge >= 0.3 is 0 Å². The van der Waals surface area contributed by atoms with Gasteiger partial charge in [0.05, 0.1) is 6.20 Å². The number of anilines is 2. The highest BCUT2D eigenvalue weighted by Gasteiger charge is 1.96. The maximum absolute atomic E-state index is 5.53. The lowest BCUT2D eigenvalue weighted by atomic mass is 10.3. The van der Waals surface area contributed by atoms with E-state index < -0.39 is 0 Å². The van der Waals surface area contributed by atoms with E-state index in [2.05, 4.69) is 10.3 Å². The summed E-state index contributed by atoms with van der Waals surface area (Å²) in [6.07, 6.45) is 3.83. The molecule has 0 aromatic carbocycles. The molecule has 0 amide bonds. The smallest absolute Gasteiger partial charge is 0.184 e. The van der Waals surface area contributed by atoms with E-state index in [1.807, 2.05) is 0 Å². The van der Waals surface area contributed by atoms with Crippen molar-refractivity contribution in [1.82, 2.24) is 4.98 Å². The number of ether oxygens (including phenoxy) is 1. The van der Waals surface area contributed by atoms with Crippen molar-refractivity contribution in [3.8, 4) is 0 Å². The first-order valence-electron chi connectivity index (χ1n) is 4.27. The van der Waals surface area contributed by atoms with Crippen LogP contribution >= 0.6 is 11.3 Å². The summed E-state index contributed by atoms with van der Waals surface area (Å²) >= 11 is 1.48. The fraction of sp³-hybridized carbons (Fsp3) is 0.625. The van der Waals surface area contributed by atoms with Crippen LogP contribution in [0, 0.1) is 0 Å². The van der Waals surface area contributed by atoms with Crippen LogP contribution in [0.1, 0.15) is 12.8 Å². The van der Waals surface area contributed by atoms with Crippen molar-refractivity contribution in [2.75, 3.05) is 31.3 Å². The zero-order chi connectivity index (χ0) is 9.52. The Labute approximate surface area is 82.1 Å². The minimum absolute atomic E-state index is 0.749. The van der Waals surface area contributed by atoms with E-state index >= 15 is 0 Å². The van der Waals surface area contributed by atoms with Crippen molar-refractivity contribution in [2.24, 2.45) is 0 Å². The predicted octanol–water partition coefficient (Wildman–Crippen LogP) is 1.56. The zero-order valence-electron chi connectivity index (χ0n) is 7.75. The minimum atomic E-state index is 0.749. The number of thiazole rings is 1. The molecule has 0 atom stereocenters. The summed E-state index contributed by atoms with van der Waals surface area (Å²) in [7, 11) is 1.72. The largest absolute Gasteiger partial charge is 0.389 e. The Bertz CT molecular complexity index is 239. The molecule has 3 N–H and O–H groups in total. The molecule has 0 radical (unpaired) electrons. The van der Waals surface area contributed by atoms with Crippen molar-refractivity contribution in [1.29, 1.82) is 0 Å². The Morgan fingerprint density at radius 2 is 2.46 bits per heavy atom. The van der Waals surface area contributed by atoms with Crippen LogP contribution in [0.15, 0.2) is 6.20 Å². The molecule has 13 heavy (non-hydrogen) atoms. The number of hydrogen-bond acceptors (Lipinski definition) is 5. The topological polar surface area (TPSA) is 60.2 Å². The number of nitrogens with two attached hydrogens (primary N) is 1. The minimum Gasteiger partial charge on any atom is -0.389 e. The number of nitrogens with zero attached hydrogens (tertiary/aromatic N) is 1. The van der Waals surface area contributed by atoms with Gasteiger partial charge in [-0.25, -0.2) is 4.98 Å². The Morgan fingerprint density at radius 1 is 1.62 bits per heavy atom. The number of aromatic nitrogens is 1. The fourth-order valence-corrected chi connectivity index (χ4v) is 1.54. The van der Waals surface area contributed by atoms with Crippen LogP contribution in [0.2, 0.25) is 0 Å². The molecule has 0 aliphatic rings. The molecule has 0 saturated heterocycles. The van der Waals surface area contributed by atoms with E-state index in [1.165, 1.54) is 11.3 Å². The molecule has 5 heteroatoms. The number of methoxy groups -OCH3 is 1. The van der Waals surface area contributed by atoms with Crippen LogP contribution in [0.4, 0.5) is 10.1 Å². The zero-order valence-corrected chi connectivity index (χ0v) is 8.56. The summed E-state index contributed by atoms with van der Waals surface area (Å²) in [5, 5.41) is 4.84. The Morgan fingerprint density at radius 3 is 3.08 bits per heavy atom. The highest BCUT2D eigenvalue weighted by atomic mass is 32.1. The molecular weight excluding hydrogens is 186 g/mol. The van der Waals surface area contributed by atoms with Gasteiger partial charge < -0.3 is 15.8 Å². The van der Waals surface area contributed by atoms with Crippen LogP contribution in [-0.4, -0.2) is 25.2 Å². The third-order valence-electron chi connectivity index (χ3n) is 1.58. The monoisotopic (exact) mass is 201 g/mol. The quantitative estimate of drug-likeness (QED) is 0.686. The average molecular weight is 201 g/mol. The number of hydrogen-bond donors (Lipinski definition) is 2. The van der Waals surface area contributed by atoms with Crippen molar-refractivity contribution >= 4 is 21.5 Å². The summed E-state index contributed by atoms with van der Waals surface area (Å²) < 4.78 is 4.94. The van der Waals surface area contributed by atoms with Gasteiger partial charge in [0.25, 0.3) is 0 Å². The fourth-order valence-electron chi connectivity index (χ4n) is 0.935. The first-order valence-corrected chi connectivity index (χ1v) is 5.08. The summed E-state index contributed by atoms with van der Waals surface area (Å²) in [4.78, 5) is 4.08. The van der Waals surface area contributed by atoms with Gasteiger partial charge in [0.1, 0.15) is 5.00 Å². The lowest BCUT2D eigenvalue weighted by molar-refractivity contribution is 0.194. The standard InChI is InChI=1S/C8H15N3OS/c1-12-5-3-2-4-10-8-11-6-7(9)13-8/h6H,2-5,9H2,1H3,(H,10,11). The lowest BCUT2D eigenvalue weighted by Gasteiger charge is -2.01. The number of nitrogens with one attached hydrogen (secondary N) is 1. The van der Waals surface area contributed by atoms with Gasteiger partial charge in [0, 0.05) is 20.3 Å². The van der Waals surface area contributed by atoms with Crippen LogP contribution in [0.25, 0.3) is 0 Å². The van der Waals surface area contributed by atoms with E-state index in [0.29, 0.717) is 0 Å². The second kappa shape index (κ2) is 5.77. The van der Waals surface area contributed by atoms with Gasteiger partial charge in [-0.15, -0.1) is 0 Å². The number of nitrogen functional groups attached to an aromatic ring is 1. The van der Waals surface area contributed by atoms with Crippen molar-refractivity contribution < 1.29 is 4.74 Å². The van der Waals surface area contributed by atoms with Crippen LogP contribution < -0.4 is 11.1 Å².